The summed E-state index contributed by atoms with van der Waals surface area (Å²) in [6, 6.07) is 16.0. The Morgan fingerprint density at radius 3 is 2.34 bits per heavy atom. The molecule has 0 aromatic heterocycles. The molecule has 1 amide bonds. The first-order valence-corrected chi connectivity index (χ1v) is 12.1. The highest BCUT2D eigenvalue weighted by Crippen LogP contribution is 2.47. The van der Waals surface area contributed by atoms with Crippen LogP contribution in [0.4, 0.5) is 0 Å². The summed E-state index contributed by atoms with van der Waals surface area (Å²) >= 11 is 0. The number of benzene rings is 2. The molecule has 8 heteroatoms. The quantitative estimate of drug-likeness (QED) is 0.233. The van der Waals surface area contributed by atoms with Crippen LogP contribution in [0.25, 0.3) is 21.5 Å². The average Bonchev–Trinajstić information content (AvgIpc) is 3.16. The number of nitrogens with zero attached hydrogens (tertiary/aromatic N) is 2. The maximum atomic E-state index is 12.7. The molecule has 0 fully saturated rings. The molecular formula is C24H25N3O4Si. The van der Waals surface area contributed by atoms with Crippen molar-refractivity contribution in [3.8, 4) is 17.2 Å². The van der Waals surface area contributed by atoms with Crippen molar-refractivity contribution in [3.05, 3.63) is 76.3 Å². The molecule has 0 radical (unpaired) electrons. The highest BCUT2D eigenvalue weighted by Gasteiger charge is 2.36. The van der Waals surface area contributed by atoms with E-state index in [1.807, 2.05) is 48.5 Å². The van der Waals surface area contributed by atoms with Crippen molar-refractivity contribution in [2.75, 3.05) is 27.9 Å². The van der Waals surface area contributed by atoms with E-state index in [9.17, 15) is 10.1 Å². The Morgan fingerprint density at radius 1 is 1.06 bits per heavy atom. The fourth-order valence-electron chi connectivity index (χ4n) is 4.05. The smallest absolute Gasteiger partial charge is 0.377 e. The molecule has 0 saturated heterocycles. The van der Waals surface area contributed by atoms with Crippen molar-refractivity contribution in [1.82, 2.24) is 5.32 Å². The van der Waals surface area contributed by atoms with Crippen molar-refractivity contribution < 1.29 is 18.1 Å². The number of amides is 1. The van der Waals surface area contributed by atoms with Gasteiger partial charge in [0.1, 0.15) is 0 Å². The monoisotopic (exact) mass is 447 g/mol. The lowest BCUT2D eigenvalue weighted by atomic mass is 9.96. The maximum absolute atomic E-state index is 12.7. The zero-order valence-electron chi connectivity index (χ0n) is 18.4. The molecule has 0 saturated carbocycles. The van der Waals surface area contributed by atoms with Crippen molar-refractivity contribution in [2.45, 2.75) is 18.9 Å². The van der Waals surface area contributed by atoms with Gasteiger partial charge in [-0.05, 0) is 34.2 Å². The van der Waals surface area contributed by atoms with Crippen LogP contribution in [0.3, 0.4) is 0 Å². The van der Waals surface area contributed by atoms with E-state index in [0.29, 0.717) is 24.6 Å². The number of fused-ring (bicyclic) bond motifs is 3. The molecule has 0 atom stereocenters. The second kappa shape index (κ2) is 10.4. The van der Waals surface area contributed by atoms with Crippen molar-refractivity contribution in [2.24, 2.45) is 0 Å². The number of carbonyl (C=O) groups excluding carboxylic acids is 1. The number of rotatable bonds is 9. The molecule has 1 N–H and O–H groups in total. The van der Waals surface area contributed by atoms with Crippen LogP contribution in [-0.4, -0.2) is 42.6 Å². The van der Waals surface area contributed by atoms with Gasteiger partial charge in [-0.25, -0.2) is 10.1 Å². The van der Waals surface area contributed by atoms with Crippen LogP contribution < -0.4 is 5.32 Å². The normalized spacial score (nSPS) is 13.5. The number of hydrogen-bond donors (Lipinski definition) is 1. The van der Waals surface area contributed by atoms with Gasteiger partial charge in [0.05, 0.1) is 19.1 Å². The van der Waals surface area contributed by atoms with E-state index < -0.39 is 8.80 Å². The maximum Gasteiger partial charge on any atom is 0.500 e. The minimum atomic E-state index is -2.65. The Bertz CT molecular complexity index is 1100. The third-order valence-electron chi connectivity index (χ3n) is 5.61. The molecule has 7 nitrogen and oxygen atoms in total. The lowest BCUT2D eigenvalue weighted by Gasteiger charge is -2.24. The van der Waals surface area contributed by atoms with Crippen LogP contribution in [0, 0.1) is 17.9 Å². The van der Waals surface area contributed by atoms with E-state index >= 15 is 0 Å². The van der Waals surface area contributed by atoms with Gasteiger partial charge >= 0.3 is 8.80 Å². The lowest BCUT2D eigenvalue weighted by Crippen LogP contribution is -2.43. The van der Waals surface area contributed by atoms with Crippen LogP contribution in [0.5, 0.6) is 0 Å². The standard InChI is InChI=1S/C24H25N3O4Si/c1-26-21(16-25)24-19-11-6-5-10-18(19)23-17(9-7-12-20(23)24)15-22(28)27-13-8-14-32(29-2,30-3)31-4/h5-7,9-12H,8,13-15H2,2-4H3,(H,27,28)/b24-21+. The summed E-state index contributed by atoms with van der Waals surface area (Å²) < 4.78 is 16.2. The minimum absolute atomic E-state index is 0.0554. The second-order valence-corrected chi connectivity index (χ2v) is 10.3. The van der Waals surface area contributed by atoms with Crippen LogP contribution in [0.15, 0.2) is 48.2 Å². The first-order chi connectivity index (χ1) is 15.5. The van der Waals surface area contributed by atoms with Gasteiger partial charge in [-0.15, -0.1) is 0 Å². The largest absolute Gasteiger partial charge is 0.500 e. The van der Waals surface area contributed by atoms with Gasteiger partial charge in [-0.2, -0.15) is 0 Å². The van der Waals surface area contributed by atoms with Gasteiger partial charge in [0, 0.05) is 39.5 Å². The SMILES string of the molecule is [C-]#[N+]/C(C#N)=C1\c2ccccc2-c2c(CC(=O)NCCC[Si](OC)(OC)OC)cccc21. The van der Waals surface area contributed by atoms with Crippen molar-refractivity contribution in [1.29, 1.82) is 5.26 Å². The zero-order valence-corrected chi connectivity index (χ0v) is 19.4. The summed E-state index contributed by atoms with van der Waals surface area (Å²) in [7, 11) is 2.06. The molecule has 0 aliphatic heterocycles. The Hall–Kier alpha value is -3.27. The lowest BCUT2D eigenvalue weighted by molar-refractivity contribution is -0.120. The predicted molar refractivity (Wildman–Crippen MR) is 123 cm³/mol. The van der Waals surface area contributed by atoms with Crippen LogP contribution >= 0.6 is 0 Å². The summed E-state index contributed by atoms with van der Waals surface area (Å²) in [5, 5.41) is 12.4. The molecule has 1 aliphatic rings. The zero-order chi connectivity index (χ0) is 23.1. The predicted octanol–water partition coefficient (Wildman–Crippen LogP) is 3.80. The molecule has 0 heterocycles. The third-order valence-corrected chi connectivity index (χ3v) is 8.44. The van der Waals surface area contributed by atoms with E-state index in [-0.39, 0.29) is 18.0 Å². The summed E-state index contributed by atoms with van der Waals surface area (Å²) in [6.45, 7) is 7.89. The van der Waals surface area contributed by atoms with E-state index in [1.165, 1.54) is 0 Å². The van der Waals surface area contributed by atoms with E-state index in [1.54, 1.807) is 21.3 Å². The summed E-state index contributed by atoms with van der Waals surface area (Å²) in [5.74, 6) is -0.0986. The molecule has 0 unspecified atom stereocenters. The molecule has 2 aromatic rings. The van der Waals surface area contributed by atoms with Gasteiger partial charge in [0.2, 0.25) is 5.91 Å². The molecule has 0 bridgehead atoms. The fourth-order valence-corrected chi connectivity index (χ4v) is 5.78. The molecule has 1 aliphatic carbocycles. The molecule has 3 rings (SSSR count). The van der Waals surface area contributed by atoms with Crippen LogP contribution in [0.1, 0.15) is 23.1 Å². The first kappa shape index (κ1) is 23.4. The summed E-state index contributed by atoms with van der Waals surface area (Å²) in [6.07, 6.45) is 0.874. The van der Waals surface area contributed by atoms with Gasteiger partial charge in [-0.1, -0.05) is 42.5 Å². The van der Waals surface area contributed by atoms with E-state index in [0.717, 1.165) is 27.8 Å². The fraction of sp³-hybridized carbons (Fsp3) is 0.292. The third kappa shape index (κ3) is 4.50. The Labute approximate surface area is 189 Å². The Balaban J connectivity index is 1.79. The number of carbonyl (C=O) groups is 1. The molecule has 0 spiro atoms. The number of hydrogen-bond acceptors (Lipinski definition) is 5. The summed E-state index contributed by atoms with van der Waals surface area (Å²) in [5.41, 5.74) is 5.07. The molecule has 164 valence electrons. The van der Waals surface area contributed by atoms with Crippen molar-refractivity contribution in [3.63, 3.8) is 0 Å². The summed E-state index contributed by atoms with van der Waals surface area (Å²) in [4.78, 5) is 16.1. The number of allylic oxidation sites excluding steroid dienone is 1. The first-order valence-electron chi connectivity index (χ1n) is 10.2. The van der Waals surface area contributed by atoms with Crippen LogP contribution in [0.2, 0.25) is 6.04 Å². The van der Waals surface area contributed by atoms with E-state index in [2.05, 4.69) is 10.2 Å². The highest BCUT2D eigenvalue weighted by atomic mass is 28.4. The van der Waals surface area contributed by atoms with Gasteiger partial charge < -0.3 is 18.6 Å². The second-order valence-electron chi connectivity index (χ2n) is 7.26. The molecular weight excluding hydrogens is 422 g/mol. The van der Waals surface area contributed by atoms with E-state index in [4.69, 9.17) is 19.9 Å². The number of nitriles is 1. The Morgan fingerprint density at radius 2 is 1.72 bits per heavy atom. The Kier molecular flexibility index (Phi) is 7.57. The molecule has 32 heavy (non-hydrogen) atoms. The minimum Gasteiger partial charge on any atom is -0.377 e. The topological polar surface area (TPSA) is 84.9 Å². The highest BCUT2D eigenvalue weighted by molar-refractivity contribution is 6.60. The van der Waals surface area contributed by atoms with Gasteiger partial charge in [0.15, 0.2) is 0 Å². The average molecular weight is 448 g/mol. The van der Waals surface area contributed by atoms with Crippen molar-refractivity contribution >= 4 is 20.3 Å². The van der Waals surface area contributed by atoms with Gasteiger partial charge in [0.25, 0.3) is 5.70 Å². The van der Waals surface area contributed by atoms with Crippen LogP contribution in [-0.2, 0) is 24.5 Å². The molecule has 2 aromatic carbocycles. The van der Waals surface area contributed by atoms with Gasteiger partial charge in [-0.3, -0.25) is 4.79 Å². The number of nitrogens with one attached hydrogen (secondary N) is 1.